The van der Waals surface area contributed by atoms with Gasteiger partial charge >= 0.3 is 0 Å². The predicted molar refractivity (Wildman–Crippen MR) is 70.0 cm³/mol. The Bertz CT molecular complexity index is 347. The van der Waals surface area contributed by atoms with Crippen molar-refractivity contribution in [3.8, 4) is 0 Å². The van der Waals surface area contributed by atoms with Gasteiger partial charge in [-0.25, -0.2) is 0 Å². The van der Waals surface area contributed by atoms with Crippen LogP contribution in [0.4, 0.5) is 5.69 Å². The number of hydrogen-bond donors (Lipinski definition) is 2. The minimum absolute atomic E-state index is 0.282. The molecule has 2 rings (SSSR count). The van der Waals surface area contributed by atoms with Crippen LogP contribution in [0.15, 0.2) is 12.1 Å². The minimum Gasteiger partial charge on any atom is -0.388 e. The van der Waals surface area contributed by atoms with E-state index in [1.165, 1.54) is 11.1 Å². The maximum absolute atomic E-state index is 9.81. The Kier molecular flexibility index (Phi) is 4.81. The zero-order valence-electron chi connectivity index (χ0n) is 10.8. The highest BCUT2D eigenvalue weighted by molar-refractivity contribution is 5.62. The van der Waals surface area contributed by atoms with E-state index in [-0.39, 0.29) is 6.10 Å². The fourth-order valence-electron chi connectivity index (χ4n) is 2.16. The van der Waals surface area contributed by atoms with E-state index >= 15 is 0 Å². The third kappa shape index (κ3) is 2.38. The lowest BCUT2D eigenvalue weighted by molar-refractivity contribution is 0.168. The second-order valence-electron chi connectivity index (χ2n) is 3.90. The largest absolute Gasteiger partial charge is 0.388 e. The van der Waals surface area contributed by atoms with E-state index in [9.17, 15) is 5.11 Å². The van der Waals surface area contributed by atoms with Gasteiger partial charge in [-0.3, -0.25) is 0 Å². The molecule has 0 radical (unpaired) electrons. The molecule has 0 saturated carbocycles. The fourth-order valence-corrected chi connectivity index (χ4v) is 2.16. The lowest BCUT2D eigenvalue weighted by atomic mass is 9.93. The number of fused-ring (bicyclic) bond motifs is 1. The quantitative estimate of drug-likeness (QED) is 0.761. The molecule has 2 heteroatoms. The molecule has 0 amide bonds. The van der Waals surface area contributed by atoms with Crippen LogP contribution >= 0.6 is 0 Å². The first-order valence-electron chi connectivity index (χ1n) is 6.28. The van der Waals surface area contributed by atoms with Crippen molar-refractivity contribution < 1.29 is 5.11 Å². The fraction of sp³-hybridized carbons (Fsp3) is 0.571. The SMILES string of the molecule is CC.CCc1ccc2c(c1C)NCCC2O. The van der Waals surface area contributed by atoms with Gasteiger partial charge in [0.15, 0.2) is 0 Å². The first-order valence-corrected chi connectivity index (χ1v) is 6.28. The summed E-state index contributed by atoms with van der Waals surface area (Å²) in [6.45, 7) is 9.17. The highest BCUT2D eigenvalue weighted by atomic mass is 16.3. The number of aliphatic hydroxyl groups is 1. The monoisotopic (exact) mass is 221 g/mol. The normalized spacial score (nSPS) is 17.9. The molecular weight excluding hydrogens is 198 g/mol. The summed E-state index contributed by atoms with van der Waals surface area (Å²) in [7, 11) is 0. The molecule has 0 fully saturated rings. The molecule has 0 bridgehead atoms. The van der Waals surface area contributed by atoms with Gasteiger partial charge in [-0.05, 0) is 30.9 Å². The Balaban J connectivity index is 0.000000606. The summed E-state index contributed by atoms with van der Waals surface area (Å²) in [5, 5.41) is 13.2. The van der Waals surface area contributed by atoms with Crippen molar-refractivity contribution in [3.63, 3.8) is 0 Å². The van der Waals surface area contributed by atoms with Gasteiger partial charge in [0.05, 0.1) is 6.10 Å². The molecule has 1 heterocycles. The Hall–Kier alpha value is -1.02. The van der Waals surface area contributed by atoms with Gasteiger partial charge in [-0.2, -0.15) is 0 Å². The minimum atomic E-state index is -0.282. The van der Waals surface area contributed by atoms with Crippen molar-refractivity contribution in [3.05, 3.63) is 28.8 Å². The Labute approximate surface area is 98.7 Å². The second-order valence-corrected chi connectivity index (χ2v) is 3.90. The van der Waals surface area contributed by atoms with Crippen LogP contribution in [0.25, 0.3) is 0 Å². The first-order chi connectivity index (χ1) is 7.74. The second kappa shape index (κ2) is 5.90. The molecule has 1 aliphatic rings. The molecule has 16 heavy (non-hydrogen) atoms. The molecule has 0 aromatic heterocycles. The Morgan fingerprint density at radius 3 is 2.69 bits per heavy atom. The molecule has 1 aromatic rings. The number of benzene rings is 1. The summed E-state index contributed by atoms with van der Waals surface area (Å²) in [4.78, 5) is 0. The number of anilines is 1. The van der Waals surface area contributed by atoms with Crippen LogP contribution in [0, 0.1) is 6.92 Å². The smallest absolute Gasteiger partial charge is 0.0826 e. The average Bonchev–Trinajstić information content (AvgIpc) is 2.33. The third-order valence-corrected chi connectivity index (χ3v) is 3.07. The third-order valence-electron chi connectivity index (χ3n) is 3.07. The number of nitrogens with one attached hydrogen (secondary N) is 1. The van der Waals surface area contributed by atoms with Crippen LogP contribution < -0.4 is 5.32 Å². The molecule has 1 aliphatic heterocycles. The molecular formula is C14H23NO. The summed E-state index contributed by atoms with van der Waals surface area (Å²) in [5.41, 5.74) is 4.88. The lowest BCUT2D eigenvalue weighted by Gasteiger charge is -2.25. The Morgan fingerprint density at radius 1 is 1.38 bits per heavy atom. The summed E-state index contributed by atoms with van der Waals surface area (Å²) < 4.78 is 0. The van der Waals surface area contributed by atoms with E-state index in [0.29, 0.717) is 0 Å². The van der Waals surface area contributed by atoms with Crippen molar-refractivity contribution in [2.24, 2.45) is 0 Å². The maximum atomic E-state index is 9.81. The zero-order valence-corrected chi connectivity index (χ0v) is 10.8. The Morgan fingerprint density at radius 2 is 2.06 bits per heavy atom. The molecule has 0 saturated heterocycles. The average molecular weight is 221 g/mol. The summed E-state index contributed by atoms with van der Waals surface area (Å²) in [5.74, 6) is 0. The highest BCUT2D eigenvalue weighted by Crippen LogP contribution is 2.33. The van der Waals surface area contributed by atoms with Crippen LogP contribution in [-0.2, 0) is 6.42 Å². The van der Waals surface area contributed by atoms with E-state index in [1.807, 2.05) is 13.8 Å². The van der Waals surface area contributed by atoms with Crippen molar-refractivity contribution in [1.29, 1.82) is 0 Å². The predicted octanol–water partition coefficient (Wildman–Crippen LogP) is 3.43. The van der Waals surface area contributed by atoms with E-state index in [1.54, 1.807) is 0 Å². The van der Waals surface area contributed by atoms with E-state index in [0.717, 1.165) is 30.6 Å². The topological polar surface area (TPSA) is 32.3 Å². The molecule has 2 N–H and O–H groups in total. The molecule has 0 spiro atoms. The molecule has 0 aliphatic carbocycles. The number of hydrogen-bond acceptors (Lipinski definition) is 2. The molecule has 1 aromatic carbocycles. The maximum Gasteiger partial charge on any atom is 0.0826 e. The van der Waals surface area contributed by atoms with Crippen molar-refractivity contribution in [2.75, 3.05) is 11.9 Å². The van der Waals surface area contributed by atoms with Crippen molar-refractivity contribution in [2.45, 2.75) is 46.6 Å². The molecule has 90 valence electrons. The molecule has 1 unspecified atom stereocenters. The zero-order chi connectivity index (χ0) is 12.1. The van der Waals surface area contributed by atoms with Crippen LogP contribution in [0.3, 0.4) is 0 Å². The number of aryl methyl sites for hydroxylation is 1. The van der Waals surface area contributed by atoms with Crippen LogP contribution in [0.1, 0.15) is 50.0 Å². The van der Waals surface area contributed by atoms with Gasteiger partial charge in [-0.1, -0.05) is 32.9 Å². The van der Waals surface area contributed by atoms with E-state index in [2.05, 4.69) is 31.3 Å². The molecule has 1 atom stereocenters. The van der Waals surface area contributed by atoms with Gasteiger partial charge in [0.2, 0.25) is 0 Å². The van der Waals surface area contributed by atoms with Crippen molar-refractivity contribution in [1.82, 2.24) is 0 Å². The number of rotatable bonds is 1. The summed E-state index contributed by atoms with van der Waals surface area (Å²) in [6, 6.07) is 4.18. The summed E-state index contributed by atoms with van der Waals surface area (Å²) in [6.07, 6.45) is 1.59. The van der Waals surface area contributed by atoms with Gasteiger partial charge in [-0.15, -0.1) is 0 Å². The standard InChI is InChI=1S/C12H17NO.C2H6/c1-3-9-4-5-10-11(14)6-7-13-12(10)8(9)2;1-2/h4-5,11,13-14H,3,6-7H2,1-2H3;1-2H3. The van der Waals surface area contributed by atoms with Crippen LogP contribution in [0.2, 0.25) is 0 Å². The number of aliphatic hydroxyl groups excluding tert-OH is 1. The van der Waals surface area contributed by atoms with Gasteiger partial charge in [0.1, 0.15) is 0 Å². The molecule has 2 nitrogen and oxygen atoms in total. The highest BCUT2D eigenvalue weighted by Gasteiger charge is 2.19. The van der Waals surface area contributed by atoms with Gasteiger partial charge < -0.3 is 10.4 Å². The van der Waals surface area contributed by atoms with Crippen LogP contribution in [0.5, 0.6) is 0 Å². The first kappa shape index (κ1) is 13.0. The van der Waals surface area contributed by atoms with Gasteiger partial charge in [0, 0.05) is 17.8 Å². The van der Waals surface area contributed by atoms with Crippen LogP contribution in [-0.4, -0.2) is 11.7 Å². The van der Waals surface area contributed by atoms with E-state index in [4.69, 9.17) is 0 Å². The van der Waals surface area contributed by atoms with Crippen molar-refractivity contribution >= 4 is 5.69 Å². The van der Waals surface area contributed by atoms with Gasteiger partial charge in [0.25, 0.3) is 0 Å². The lowest BCUT2D eigenvalue weighted by Crippen LogP contribution is -2.18. The van der Waals surface area contributed by atoms with E-state index < -0.39 is 0 Å². The summed E-state index contributed by atoms with van der Waals surface area (Å²) >= 11 is 0.